The van der Waals surface area contributed by atoms with Crippen molar-refractivity contribution < 1.29 is 32.3 Å². The van der Waals surface area contributed by atoms with Crippen LogP contribution in [0.4, 0.5) is 18.0 Å². The number of ether oxygens (including phenoxy) is 1. The lowest BCUT2D eigenvalue weighted by molar-refractivity contribution is -0.133. The number of nitrogens with zero attached hydrogens (tertiary/aromatic N) is 3. The maximum atomic E-state index is 14.3. The SMILES string of the molecule is COCC1=C(C(C)=O)C(c2cc(F)c(F)c(F)c2)N(N(C=O)CCNC2CCC(C#N)(c3ccccc3)CC2)C(=O)N1.Cl. The molecule has 0 bridgehead atoms. The average molecular weight is 620 g/mol. The maximum absolute atomic E-state index is 14.3. The van der Waals surface area contributed by atoms with E-state index in [9.17, 15) is 32.8 Å². The maximum Gasteiger partial charge on any atom is 0.341 e. The van der Waals surface area contributed by atoms with Crippen molar-refractivity contribution in [1.82, 2.24) is 20.7 Å². The third-order valence-electron chi connectivity index (χ3n) is 7.85. The second-order valence-electron chi connectivity index (χ2n) is 10.4. The third-order valence-corrected chi connectivity index (χ3v) is 7.85. The predicted octanol–water partition coefficient (Wildman–Crippen LogP) is 4.45. The molecular weight excluding hydrogens is 587 g/mol. The summed E-state index contributed by atoms with van der Waals surface area (Å²) in [7, 11) is 1.34. The molecule has 3 amide bonds. The number of nitriles is 1. The van der Waals surface area contributed by atoms with Gasteiger partial charge in [0.1, 0.15) is 6.04 Å². The highest BCUT2D eigenvalue weighted by atomic mass is 35.5. The van der Waals surface area contributed by atoms with Crippen LogP contribution in [0.5, 0.6) is 0 Å². The van der Waals surface area contributed by atoms with Gasteiger partial charge in [-0.05, 0) is 55.9 Å². The minimum atomic E-state index is -1.70. The first-order chi connectivity index (χ1) is 20.2. The normalized spacial score (nSPS) is 21.9. The summed E-state index contributed by atoms with van der Waals surface area (Å²) in [5, 5.41) is 17.7. The number of halogens is 4. The summed E-state index contributed by atoms with van der Waals surface area (Å²) in [5.41, 5.74) is 0.175. The van der Waals surface area contributed by atoms with Gasteiger partial charge in [-0.1, -0.05) is 30.3 Å². The Balaban J connectivity index is 0.00000506. The molecule has 0 radical (unpaired) electrons. The number of Topliss-reactive ketones (excluding diaryl/α,β-unsaturated/α-hetero) is 1. The Morgan fingerprint density at radius 2 is 1.84 bits per heavy atom. The van der Waals surface area contributed by atoms with Crippen LogP contribution in [0.3, 0.4) is 0 Å². The molecule has 230 valence electrons. The largest absolute Gasteiger partial charge is 0.378 e. The van der Waals surface area contributed by atoms with Crippen LogP contribution in [0.15, 0.2) is 53.7 Å². The standard InChI is InChI=1S/C30H32F3N5O4.ClH/c1-19(40)26-25(16-42-2)36-29(41)38(28(26)20-14-23(31)27(33)24(32)15-20)37(18-39)13-12-35-22-8-10-30(17-34,11-9-22)21-6-4-3-5-7-21;/h3-7,14-15,18,22,28,35H,8-13,16H2,1-2H3,(H,36,41);1H. The van der Waals surface area contributed by atoms with Crippen molar-refractivity contribution in [2.24, 2.45) is 0 Å². The fourth-order valence-corrected chi connectivity index (χ4v) is 5.76. The van der Waals surface area contributed by atoms with Gasteiger partial charge in [-0.25, -0.2) is 23.0 Å². The topological polar surface area (TPSA) is 115 Å². The number of rotatable bonds is 11. The predicted molar refractivity (Wildman–Crippen MR) is 153 cm³/mol. The Morgan fingerprint density at radius 3 is 2.37 bits per heavy atom. The first-order valence-corrected chi connectivity index (χ1v) is 13.5. The Hall–Kier alpha value is -3.92. The molecule has 1 atom stereocenters. The van der Waals surface area contributed by atoms with Crippen molar-refractivity contribution in [1.29, 1.82) is 5.26 Å². The summed E-state index contributed by atoms with van der Waals surface area (Å²) in [4.78, 5) is 38.3. The number of nitrogens with one attached hydrogen (secondary N) is 2. The molecule has 1 unspecified atom stereocenters. The molecule has 1 fully saturated rings. The number of hydrazine groups is 1. The molecule has 0 aromatic heterocycles. The van der Waals surface area contributed by atoms with Crippen molar-refractivity contribution in [2.75, 3.05) is 26.8 Å². The van der Waals surface area contributed by atoms with E-state index in [1.165, 1.54) is 14.0 Å². The van der Waals surface area contributed by atoms with E-state index >= 15 is 0 Å². The molecule has 4 rings (SSSR count). The summed E-state index contributed by atoms with van der Waals surface area (Å²) in [6, 6.07) is 11.3. The van der Waals surface area contributed by atoms with E-state index in [-0.39, 0.29) is 55.0 Å². The highest BCUT2D eigenvalue weighted by Crippen LogP contribution is 2.39. The van der Waals surface area contributed by atoms with Gasteiger partial charge in [-0.2, -0.15) is 5.26 Å². The van der Waals surface area contributed by atoms with Gasteiger partial charge in [0.2, 0.25) is 6.41 Å². The van der Waals surface area contributed by atoms with Gasteiger partial charge in [0.15, 0.2) is 23.2 Å². The fourth-order valence-electron chi connectivity index (χ4n) is 5.76. The summed E-state index contributed by atoms with van der Waals surface area (Å²) < 4.78 is 47.5. The zero-order valence-electron chi connectivity index (χ0n) is 23.7. The number of amides is 3. The van der Waals surface area contributed by atoms with Crippen LogP contribution in [0.25, 0.3) is 0 Å². The number of benzene rings is 2. The van der Waals surface area contributed by atoms with Crippen LogP contribution in [0, 0.1) is 28.8 Å². The van der Waals surface area contributed by atoms with Gasteiger partial charge in [-0.3, -0.25) is 14.6 Å². The van der Waals surface area contributed by atoms with Gasteiger partial charge in [0, 0.05) is 25.3 Å². The summed E-state index contributed by atoms with van der Waals surface area (Å²) in [5.74, 6) is -5.26. The number of carbonyl (C=O) groups excluding carboxylic acids is 3. The van der Waals surface area contributed by atoms with E-state index in [0.29, 0.717) is 44.2 Å². The lowest BCUT2D eigenvalue weighted by Crippen LogP contribution is -2.57. The highest BCUT2D eigenvalue weighted by Gasteiger charge is 2.42. The Labute approximate surface area is 254 Å². The quantitative estimate of drug-likeness (QED) is 0.284. The molecule has 1 saturated carbocycles. The average Bonchev–Trinajstić information content (AvgIpc) is 2.99. The van der Waals surface area contributed by atoms with Crippen LogP contribution >= 0.6 is 12.4 Å². The zero-order valence-corrected chi connectivity index (χ0v) is 24.6. The minimum Gasteiger partial charge on any atom is -0.378 e. The van der Waals surface area contributed by atoms with E-state index in [1.54, 1.807) is 0 Å². The first kappa shape index (κ1) is 33.6. The molecular formula is C30H33ClF3N5O4. The van der Waals surface area contributed by atoms with Gasteiger partial charge >= 0.3 is 6.03 Å². The molecule has 0 spiro atoms. The van der Waals surface area contributed by atoms with Gasteiger partial charge in [0.05, 0.1) is 30.3 Å². The van der Waals surface area contributed by atoms with Crippen molar-refractivity contribution in [3.05, 3.63) is 82.3 Å². The Bertz CT molecular complexity index is 1390. The van der Waals surface area contributed by atoms with Gasteiger partial charge < -0.3 is 15.4 Å². The molecule has 1 aliphatic heterocycles. The minimum absolute atomic E-state index is 0. The lowest BCUT2D eigenvalue weighted by atomic mass is 9.69. The fraction of sp³-hybridized carbons (Fsp3) is 0.400. The summed E-state index contributed by atoms with van der Waals surface area (Å²) in [6.45, 7) is 1.20. The molecule has 9 nitrogen and oxygen atoms in total. The van der Waals surface area contributed by atoms with Gasteiger partial charge in [0.25, 0.3) is 0 Å². The van der Waals surface area contributed by atoms with E-state index < -0.39 is 40.7 Å². The second kappa shape index (κ2) is 14.5. The molecule has 1 heterocycles. The van der Waals surface area contributed by atoms with E-state index in [1.807, 2.05) is 30.3 Å². The van der Waals surface area contributed by atoms with Crippen molar-refractivity contribution in [3.8, 4) is 6.07 Å². The number of hydrogen-bond donors (Lipinski definition) is 2. The Kier molecular flexibility index (Phi) is 11.3. The van der Waals surface area contributed by atoms with Crippen LogP contribution in [0.2, 0.25) is 0 Å². The first-order valence-electron chi connectivity index (χ1n) is 13.5. The number of methoxy groups -OCH3 is 1. The molecule has 2 aliphatic rings. The van der Waals surface area contributed by atoms with Crippen molar-refractivity contribution in [3.63, 3.8) is 0 Å². The number of hydrogen-bond acceptors (Lipinski definition) is 6. The molecule has 2 aromatic rings. The Morgan fingerprint density at radius 1 is 1.21 bits per heavy atom. The zero-order chi connectivity index (χ0) is 30.4. The van der Waals surface area contributed by atoms with Gasteiger partial charge in [-0.15, -0.1) is 12.4 Å². The molecule has 2 N–H and O–H groups in total. The van der Waals surface area contributed by atoms with E-state index in [4.69, 9.17) is 4.74 Å². The van der Waals surface area contributed by atoms with Crippen molar-refractivity contribution >= 4 is 30.6 Å². The third kappa shape index (κ3) is 7.01. The molecule has 2 aromatic carbocycles. The molecule has 1 aliphatic carbocycles. The van der Waals surface area contributed by atoms with Crippen LogP contribution < -0.4 is 10.6 Å². The lowest BCUT2D eigenvalue weighted by Gasteiger charge is -2.43. The monoisotopic (exact) mass is 619 g/mol. The van der Waals surface area contributed by atoms with Crippen LogP contribution in [-0.2, 0) is 19.7 Å². The number of urea groups is 1. The molecule has 0 saturated heterocycles. The highest BCUT2D eigenvalue weighted by molar-refractivity contribution is 5.98. The smallest absolute Gasteiger partial charge is 0.341 e. The van der Waals surface area contributed by atoms with Crippen molar-refractivity contribution in [2.45, 2.75) is 50.1 Å². The second-order valence-corrected chi connectivity index (χ2v) is 10.4. The molecule has 43 heavy (non-hydrogen) atoms. The van der Waals surface area contributed by atoms with E-state index in [0.717, 1.165) is 15.6 Å². The summed E-state index contributed by atoms with van der Waals surface area (Å²) in [6.07, 6.45) is 3.09. The van der Waals surface area contributed by atoms with Crippen LogP contribution in [-0.4, -0.2) is 61.1 Å². The number of ketones is 1. The molecule has 13 heteroatoms. The number of carbonyl (C=O) groups is 3. The summed E-state index contributed by atoms with van der Waals surface area (Å²) >= 11 is 0. The van der Waals surface area contributed by atoms with Crippen LogP contribution in [0.1, 0.15) is 49.8 Å². The van der Waals surface area contributed by atoms with E-state index in [2.05, 4.69) is 16.7 Å².